The summed E-state index contributed by atoms with van der Waals surface area (Å²) in [6.07, 6.45) is 3.19. The molecule has 0 saturated carbocycles. The number of anilines is 1. The predicted molar refractivity (Wildman–Crippen MR) is 65.3 cm³/mol. The summed E-state index contributed by atoms with van der Waals surface area (Å²) < 4.78 is 0. The fourth-order valence-electron chi connectivity index (χ4n) is 1.12. The Kier molecular flexibility index (Phi) is 4.75. The number of hydrogen-bond donors (Lipinski definition) is 0. The van der Waals surface area contributed by atoms with Gasteiger partial charge in [0.05, 0.1) is 4.92 Å². The van der Waals surface area contributed by atoms with Crippen molar-refractivity contribution >= 4 is 34.9 Å². The van der Waals surface area contributed by atoms with Gasteiger partial charge in [-0.15, -0.1) is 0 Å². The lowest BCUT2D eigenvalue weighted by Crippen LogP contribution is -2.22. The van der Waals surface area contributed by atoms with E-state index >= 15 is 0 Å². The highest BCUT2D eigenvalue weighted by Crippen LogP contribution is 2.30. The lowest BCUT2D eigenvalue weighted by Gasteiger charge is -2.16. The zero-order chi connectivity index (χ0) is 12.1. The Morgan fingerprint density at radius 2 is 2.31 bits per heavy atom. The summed E-state index contributed by atoms with van der Waals surface area (Å²) in [6.45, 7) is 0.662. The molecule has 0 bridgehead atoms. The Bertz CT molecular complexity index is 390. The van der Waals surface area contributed by atoms with Crippen LogP contribution in [0.15, 0.2) is 6.33 Å². The minimum Gasteiger partial charge on any atom is -0.353 e. The number of hydrogen-bond acceptors (Lipinski definition) is 6. The van der Waals surface area contributed by atoms with Gasteiger partial charge in [0, 0.05) is 19.3 Å². The molecule has 1 rings (SSSR count). The van der Waals surface area contributed by atoms with Crippen molar-refractivity contribution in [1.29, 1.82) is 0 Å². The van der Waals surface area contributed by atoms with Crippen molar-refractivity contribution in [3.05, 3.63) is 21.6 Å². The van der Waals surface area contributed by atoms with Crippen LogP contribution in [0.25, 0.3) is 0 Å². The summed E-state index contributed by atoms with van der Waals surface area (Å²) in [5.41, 5.74) is -0.243. The molecule has 1 aromatic rings. The summed E-state index contributed by atoms with van der Waals surface area (Å²) >= 11 is 7.33. The molecular formula is C8H11ClN4O2S. The lowest BCUT2D eigenvalue weighted by molar-refractivity contribution is -0.384. The van der Waals surface area contributed by atoms with E-state index in [9.17, 15) is 10.1 Å². The largest absolute Gasteiger partial charge is 0.353 e. The van der Waals surface area contributed by atoms with Gasteiger partial charge < -0.3 is 4.90 Å². The van der Waals surface area contributed by atoms with Crippen molar-refractivity contribution in [3.63, 3.8) is 0 Å². The first-order valence-corrected chi connectivity index (χ1v) is 6.20. The second-order valence-electron chi connectivity index (χ2n) is 3.01. The Labute approximate surface area is 102 Å². The van der Waals surface area contributed by atoms with Crippen LogP contribution in [0.2, 0.25) is 5.15 Å². The molecule has 0 fully saturated rings. The molecule has 0 unspecified atom stereocenters. The Balaban J connectivity index is 3.02. The molecule has 0 aromatic carbocycles. The van der Waals surface area contributed by atoms with Crippen LogP contribution < -0.4 is 4.90 Å². The van der Waals surface area contributed by atoms with Gasteiger partial charge in [0.15, 0.2) is 0 Å². The first-order chi connectivity index (χ1) is 7.57. The molecule has 0 spiro atoms. The average molecular weight is 263 g/mol. The van der Waals surface area contributed by atoms with E-state index in [1.54, 1.807) is 23.7 Å². The highest BCUT2D eigenvalue weighted by Gasteiger charge is 2.23. The fourth-order valence-corrected chi connectivity index (χ4v) is 1.77. The number of nitrogens with zero attached hydrogens (tertiary/aromatic N) is 4. The Morgan fingerprint density at radius 1 is 1.62 bits per heavy atom. The quantitative estimate of drug-likeness (QED) is 0.458. The molecule has 0 N–H and O–H groups in total. The molecule has 0 aliphatic heterocycles. The van der Waals surface area contributed by atoms with Crippen LogP contribution in [0, 0.1) is 10.1 Å². The summed E-state index contributed by atoms with van der Waals surface area (Å²) in [5.74, 6) is 1.11. The van der Waals surface area contributed by atoms with Gasteiger partial charge in [-0.3, -0.25) is 10.1 Å². The van der Waals surface area contributed by atoms with E-state index in [0.717, 1.165) is 5.75 Å². The monoisotopic (exact) mass is 262 g/mol. The van der Waals surface area contributed by atoms with Crippen LogP contribution in [0.1, 0.15) is 0 Å². The number of rotatable bonds is 5. The molecule has 0 amide bonds. The molecule has 0 aliphatic rings. The predicted octanol–water partition coefficient (Wildman–Crippen LogP) is 1.84. The van der Waals surface area contributed by atoms with Crippen molar-refractivity contribution < 1.29 is 4.92 Å². The van der Waals surface area contributed by atoms with Crippen molar-refractivity contribution in [2.75, 3.05) is 30.5 Å². The van der Waals surface area contributed by atoms with Crippen molar-refractivity contribution in [2.45, 2.75) is 0 Å². The molecule has 0 radical (unpaired) electrons. The summed E-state index contributed by atoms with van der Waals surface area (Å²) in [4.78, 5) is 19.5. The van der Waals surface area contributed by atoms with E-state index in [1.807, 2.05) is 6.26 Å². The minimum atomic E-state index is -0.562. The van der Waals surface area contributed by atoms with Crippen LogP contribution >= 0.6 is 23.4 Å². The Hall–Kier alpha value is -1.08. The van der Waals surface area contributed by atoms with E-state index in [2.05, 4.69) is 9.97 Å². The maximum absolute atomic E-state index is 10.8. The Morgan fingerprint density at radius 3 is 2.88 bits per heavy atom. The highest BCUT2D eigenvalue weighted by atomic mass is 35.5. The van der Waals surface area contributed by atoms with Crippen LogP contribution in [-0.4, -0.2) is 40.5 Å². The summed E-state index contributed by atoms with van der Waals surface area (Å²) in [5, 5.41) is 10.7. The third-order valence-corrected chi connectivity index (χ3v) is 2.80. The first kappa shape index (κ1) is 13.0. The van der Waals surface area contributed by atoms with Crippen molar-refractivity contribution in [2.24, 2.45) is 0 Å². The molecule has 1 aromatic heterocycles. The third kappa shape index (κ3) is 2.96. The van der Waals surface area contributed by atoms with Crippen LogP contribution in [-0.2, 0) is 0 Å². The molecule has 0 atom stereocenters. The highest BCUT2D eigenvalue weighted by molar-refractivity contribution is 7.98. The number of thioether (sulfide) groups is 1. The smallest absolute Gasteiger partial charge is 0.348 e. The number of nitro groups is 1. The van der Waals surface area contributed by atoms with Gasteiger partial charge in [-0.25, -0.2) is 9.97 Å². The van der Waals surface area contributed by atoms with E-state index in [1.165, 1.54) is 6.33 Å². The summed E-state index contributed by atoms with van der Waals surface area (Å²) in [7, 11) is 1.74. The van der Waals surface area contributed by atoms with Gasteiger partial charge in [0.2, 0.25) is 11.0 Å². The lowest BCUT2D eigenvalue weighted by atomic mass is 10.4. The molecule has 1 heterocycles. The maximum Gasteiger partial charge on any atom is 0.348 e. The standard InChI is InChI=1S/C8H11ClN4O2S/c1-12(3-4-16-2)8-6(13(14)15)7(9)10-5-11-8/h5H,3-4H2,1-2H3. The maximum atomic E-state index is 10.8. The molecule has 6 nitrogen and oxygen atoms in total. The average Bonchev–Trinajstić information content (AvgIpc) is 2.24. The second kappa shape index (κ2) is 5.86. The van der Waals surface area contributed by atoms with Gasteiger partial charge in [-0.05, 0) is 6.26 Å². The van der Waals surface area contributed by atoms with Gasteiger partial charge in [0.1, 0.15) is 6.33 Å². The van der Waals surface area contributed by atoms with Gasteiger partial charge >= 0.3 is 5.69 Å². The molecule has 16 heavy (non-hydrogen) atoms. The normalized spacial score (nSPS) is 10.2. The fraction of sp³-hybridized carbons (Fsp3) is 0.500. The topological polar surface area (TPSA) is 72.2 Å². The van der Waals surface area contributed by atoms with E-state index in [-0.39, 0.29) is 16.7 Å². The van der Waals surface area contributed by atoms with Gasteiger partial charge in [-0.1, -0.05) is 11.6 Å². The van der Waals surface area contributed by atoms with E-state index < -0.39 is 4.92 Å². The van der Waals surface area contributed by atoms with Crippen LogP contribution in [0.3, 0.4) is 0 Å². The molecule has 0 saturated heterocycles. The van der Waals surface area contributed by atoms with Crippen molar-refractivity contribution in [1.82, 2.24) is 9.97 Å². The molecule has 0 aliphatic carbocycles. The zero-order valence-corrected chi connectivity index (χ0v) is 10.5. The van der Waals surface area contributed by atoms with E-state index in [0.29, 0.717) is 6.54 Å². The second-order valence-corrected chi connectivity index (χ2v) is 4.35. The summed E-state index contributed by atoms with van der Waals surface area (Å²) in [6, 6.07) is 0. The number of halogens is 1. The first-order valence-electron chi connectivity index (χ1n) is 4.43. The van der Waals surface area contributed by atoms with Gasteiger partial charge in [0.25, 0.3) is 0 Å². The number of aromatic nitrogens is 2. The third-order valence-electron chi connectivity index (χ3n) is 1.93. The zero-order valence-electron chi connectivity index (χ0n) is 8.88. The molecule has 88 valence electrons. The van der Waals surface area contributed by atoms with E-state index in [4.69, 9.17) is 11.6 Å². The van der Waals surface area contributed by atoms with Crippen LogP contribution in [0.4, 0.5) is 11.5 Å². The molecular weight excluding hydrogens is 252 g/mol. The SMILES string of the molecule is CSCCN(C)c1ncnc(Cl)c1[N+](=O)[O-]. The van der Waals surface area contributed by atoms with Crippen molar-refractivity contribution in [3.8, 4) is 0 Å². The molecule has 8 heteroatoms. The van der Waals surface area contributed by atoms with Gasteiger partial charge in [-0.2, -0.15) is 11.8 Å². The minimum absolute atomic E-state index is 0.133. The van der Waals surface area contributed by atoms with Crippen LogP contribution in [0.5, 0.6) is 0 Å².